The van der Waals surface area contributed by atoms with Crippen molar-refractivity contribution in [1.29, 1.82) is 0 Å². The van der Waals surface area contributed by atoms with E-state index in [2.05, 4.69) is 4.98 Å². The van der Waals surface area contributed by atoms with Crippen LogP contribution in [0.2, 0.25) is 0 Å². The van der Waals surface area contributed by atoms with Gasteiger partial charge in [-0.05, 0) is 19.8 Å². The van der Waals surface area contributed by atoms with E-state index in [1.54, 1.807) is 4.57 Å². The maximum absolute atomic E-state index is 10.7. The summed E-state index contributed by atoms with van der Waals surface area (Å²) in [6, 6.07) is 0. The minimum atomic E-state index is -0.799. The maximum Gasteiger partial charge on any atom is 0.323 e. The SMILES string of the molecule is Cc1cn(CC(=O)O)c(C2CCCC2)n1. The molecule has 1 heterocycles. The molecule has 0 aliphatic heterocycles. The lowest BCUT2D eigenvalue weighted by Crippen LogP contribution is -2.12. The van der Waals surface area contributed by atoms with Crippen molar-refractivity contribution in [1.82, 2.24) is 9.55 Å². The number of aryl methyl sites for hydroxylation is 1. The lowest BCUT2D eigenvalue weighted by atomic mass is 10.1. The molecule has 0 radical (unpaired) electrons. The number of hydrogen-bond acceptors (Lipinski definition) is 2. The van der Waals surface area contributed by atoms with Crippen molar-refractivity contribution in [3.8, 4) is 0 Å². The van der Waals surface area contributed by atoms with Crippen molar-refractivity contribution in [2.45, 2.75) is 45.1 Å². The number of aromatic nitrogens is 2. The minimum absolute atomic E-state index is 0.0344. The van der Waals surface area contributed by atoms with E-state index in [0.29, 0.717) is 5.92 Å². The van der Waals surface area contributed by atoms with E-state index in [-0.39, 0.29) is 6.54 Å². The molecule has 4 heteroatoms. The summed E-state index contributed by atoms with van der Waals surface area (Å²) in [5.74, 6) is 0.636. The summed E-state index contributed by atoms with van der Waals surface area (Å²) in [5, 5.41) is 8.79. The van der Waals surface area contributed by atoms with Gasteiger partial charge in [0.2, 0.25) is 0 Å². The molecule has 0 saturated heterocycles. The molecule has 2 rings (SSSR count). The molecule has 15 heavy (non-hydrogen) atoms. The first-order chi connectivity index (χ1) is 7.16. The monoisotopic (exact) mass is 208 g/mol. The van der Waals surface area contributed by atoms with Crippen LogP contribution in [0.1, 0.15) is 43.1 Å². The van der Waals surface area contributed by atoms with Gasteiger partial charge < -0.3 is 9.67 Å². The molecule has 1 fully saturated rings. The summed E-state index contributed by atoms with van der Waals surface area (Å²) >= 11 is 0. The van der Waals surface area contributed by atoms with E-state index in [1.165, 1.54) is 12.8 Å². The zero-order valence-electron chi connectivity index (χ0n) is 8.94. The molecule has 1 aromatic heterocycles. The van der Waals surface area contributed by atoms with Gasteiger partial charge in [0.25, 0.3) is 0 Å². The second-order valence-electron chi connectivity index (χ2n) is 4.24. The van der Waals surface area contributed by atoms with Gasteiger partial charge >= 0.3 is 5.97 Å². The van der Waals surface area contributed by atoms with Crippen LogP contribution in [0.5, 0.6) is 0 Å². The van der Waals surface area contributed by atoms with E-state index < -0.39 is 5.97 Å². The second-order valence-corrected chi connectivity index (χ2v) is 4.24. The number of carbonyl (C=O) groups is 1. The van der Waals surface area contributed by atoms with Crippen LogP contribution in [0.3, 0.4) is 0 Å². The van der Waals surface area contributed by atoms with Gasteiger partial charge in [-0.15, -0.1) is 0 Å². The number of carboxylic acid groups (broad SMARTS) is 1. The van der Waals surface area contributed by atoms with Gasteiger partial charge in [-0.25, -0.2) is 4.98 Å². The van der Waals surface area contributed by atoms with E-state index in [1.807, 2.05) is 13.1 Å². The maximum atomic E-state index is 10.7. The molecule has 1 N–H and O–H groups in total. The Morgan fingerprint density at radius 3 is 2.87 bits per heavy atom. The van der Waals surface area contributed by atoms with Crippen LogP contribution in [0.15, 0.2) is 6.20 Å². The first-order valence-electron chi connectivity index (χ1n) is 5.42. The number of hydrogen-bond donors (Lipinski definition) is 1. The van der Waals surface area contributed by atoms with Crippen LogP contribution >= 0.6 is 0 Å². The predicted molar refractivity (Wildman–Crippen MR) is 55.8 cm³/mol. The first kappa shape index (κ1) is 10.2. The fourth-order valence-electron chi connectivity index (χ4n) is 2.35. The molecular formula is C11H16N2O2. The van der Waals surface area contributed by atoms with Crippen LogP contribution in [0.4, 0.5) is 0 Å². The van der Waals surface area contributed by atoms with Crippen molar-refractivity contribution >= 4 is 5.97 Å². The minimum Gasteiger partial charge on any atom is -0.480 e. The van der Waals surface area contributed by atoms with Crippen molar-refractivity contribution in [2.75, 3.05) is 0 Å². The Balaban J connectivity index is 2.24. The molecule has 4 nitrogen and oxygen atoms in total. The summed E-state index contributed by atoms with van der Waals surface area (Å²) in [6.45, 7) is 1.95. The van der Waals surface area contributed by atoms with Gasteiger partial charge in [-0.1, -0.05) is 12.8 Å². The van der Waals surface area contributed by atoms with Crippen LogP contribution in [-0.4, -0.2) is 20.6 Å². The van der Waals surface area contributed by atoms with E-state index in [9.17, 15) is 4.79 Å². The number of imidazole rings is 1. The summed E-state index contributed by atoms with van der Waals surface area (Å²) in [4.78, 5) is 15.1. The Morgan fingerprint density at radius 2 is 2.27 bits per heavy atom. The van der Waals surface area contributed by atoms with Crippen molar-refractivity contribution < 1.29 is 9.90 Å². The van der Waals surface area contributed by atoms with E-state index >= 15 is 0 Å². The zero-order chi connectivity index (χ0) is 10.8. The van der Waals surface area contributed by atoms with Gasteiger partial charge in [0.05, 0.1) is 5.69 Å². The largest absolute Gasteiger partial charge is 0.480 e. The molecular weight excluding hydrogens is 192 g/mol. The fraction of sp³-hybridized carbons (Fsp3) is 0.636. The molecule has 82 valence electrons. The number of nitrogens with zero attached hydrogens (tertiary/aromatic N) is 2. The summed E-state index contributed by atoms with van der Waals surface area (Å²) < 4.78 is 1.79. The third kappa shape index (κ3) is 2.19. The Labute approximate surface area is 88.9 Å². The molecule has 0 spiro atoms. The smallest absolute Gasteiger partial charge is 0.323 e. The Bertz CT molecular complexity index is 365. The van der Waals surface area contributed by atoms with Gasteiger partial charge in [-0.3, -0.25) is 4.79 Å². The highest BCUT2D eigenvalue weighted by Crippen LogP contribution is 2.33. The molecule has 1 aromatic rings. The normalized spacial score (nSPS) is 17.1. The molecule has 0 aromatic carbocycles. The number of rotatable bonds is 3. The van der Waals surface area contributed by atoms with E-state index in [4.69, 9.17) is 5.11 Å². The number of carboxylic acids is 1. The third-order valence-electron chi connectivity index (χ3n) is 2.95. The van der Waals surface area contributed by atoms with Crippen LogP contribution in [0, 0.1) is 6.92 Å². The Kier molecular flexibility index (Phi) is 2.75. The standard InChI is InChI=1S/C11H16N2O2/c1-8-6-13(7-10(14)15)11(12-8)9-4-2-3-5-9/h6,9H,2-5,7H2,1H3,(H,14,15). The molecule has 0 amide bonds. The highest BCUT2D eigenvalue weighted by molar-refractivity contribution is 5.66. The predicted octanol–water partition coefficient (Wildman–Crippen LogP) is 1.93. The van der Waals surface area contributed by atoms with Gasteiger partial charge in [0.1, 0.15) is 12.4 Å². The van der Waals surface area contributed by atoms with Crippen LogP contribution in [0.25, 0.3) is 0 Å². The van der Waals surface area contributed by atoms with Gasteiger partial charge in [-0.2, -0.15) is 0 Å². The molecule has 1 aliphatic rings. The summed E-state index contributed by atoms with van der Waals surface area (Å²) in [5.41, 5.74) is 0.915. The third-order valence-corrected chi connectivity index (χ3v) is 2.95. The fourth-order valence-corrected chi connectivity index (χ4v) is 2.35. The quantitative estimate of drug-likeness (QED) is 0.825. The number of aliphatic carboxylic acids is 1. The van der Waals surface area contributed by atoms with Gasteiger partial charge in [0.15, 0.2) is 0 Å². The second kappa shape index (κ2) is 4.04. The Morgan fingerprint density at radius 1 is 1.60 bits per heavy atom. The van der Waals surface area contributed by atoms with Crippen molar-refractivity contribution in [2.24, 2.45) is 0 Å². The highest BCUT2D eigenvalue weighted by Gasteiger charge is 2.22. The molecule has 0 atom stereocenters. The molecule has 0 unspecified atom stereocenters. The molecule has 1 aliphatic carbocycles. The topological polar surface area (TPSA) is 55.1 Å². The summed E-state index contributed by atoms with van der Waals surface area (Å²) in [6.07, 6.45) is 6.61. The molecule has 1 saturated carbocycles. The highest BCUT2D eigenvalue weighted by atomic mass is 16.4. The summed E-state index contributed by atoms with van der Waals surface area (Å²) in [7, 11) is 0. The van der Waals surface area contributed by atoms with Crippen molar-refractivity contribution in [3.63, 3.8) is 0 Å². The average molecular weight is 208 g/mol. The van der Waals surface area contributed by atoms with Crippen LogP contribution in [-0.2, 0) is 11.3 Å². The first-order valence-corrected chi connectivity index (χ1v) is 5.42. The lowest BCUT2D eigenvalue weighted by Gasteiger charge is -2.10. The van der Waals surface area contributed by atoms with Gasteiger partial charge in [0, 0.05) is 12.1 Å². The average Bonchev–Trinajstić information content (AvgIpc) is 2.72. The molecule has 0 bridgehead atoms. The Hall–Kier alpha value is -1.32. The van der Waals surface area contributed by atoms with Crippen LogP contribution < -0.4 is 0 Å². The van der Waals surface area contributed by atoms with E-state index in [0.717, 1.165) is 24.4 Å². The zero-order valence-corrected chi connectivity index (χ0v) is 8.94. The van der Waals surface area contributed by atoms with Crippen molar-refractivity contribution in [3.05, 3.63) is 17.7 Å². The lowest BCUT2D eigenvalue weighted by molar-refractivity contribution is -0.137.